The molecule has 2 aromatic rings. The molecule has 0 saturated carbocycles. The van der Waals surface area contributed by atoms with Crippen LogP contribution >= 0.6 is 0 Å². The Morgan fingerprint density at radius 2 is 2.10 bits per heavy atom. The molecule has 1 heterocycles. The lowest BCUT2D eigenvalue weighted by atomic mass is 10.1. The van der Waals surface area contributed by atoms with Gasteiger partial charge in [0.2, 0.25) is 5.91 Å². The molecule has 31 heavy (non-hydrogen) atoms. The third-order valence-corrected chi connectivity index (χ3v) is 5.76. The highest BCUT2D eigenvalue weighted by Crippen LogP contribution is 2.30. The Morgan fingerprint density at radius 1 is 1.29 bits per heavy atom. The van der Waals surface area contributed by atoms with Crippen LogP contribution in [0.15, 0.2) is 36.4 Å². The van der Waals surface area contributed by atoms with E-state index in [2.05, 4.69) is 6.92 Å². The molecule has 5 nitrogen and oxygen atoms in total. The van der Waals surface area contributed by atoms with Crippen LogP contribution in [-0.2, 0) is 11.3 Å². The fraction of sp³-hybridized carbons (Fsp3) is 0.417. The molecule has 2 aromatic carbocycles. The van der Waals surface area contributed by atoms with Crippen LogP contribution in [0.5, 0.6) is 5.75 Å². The van der Waals surface area contributed by atoms with Crippen LogP contribution in [0.2, 0.25) is 0 Å². The number of unbranched alkanes of at least 4 members (excludes halogenated alkanes) is 2. The van der Waals surface area contributed by atoms with Crippen molar-refractivity contribution in [3.05, 3.63) is 59.2 Å². The minimum Gasteiger partial charge on any atom is -0.506 e. The van der Waals surface area contributed by atoms with Gasteiger partial charge in [-0.15, -0.1) is 0 Å². The molecule has 1 atom stereocenters. The number of phenolic OH excluding ortho intramolecular Hbond substituents is 1. The first kappa shape index (κ1) is 22.5. The number of likely N-dealkylation sites (tertiary alicyclic amines) is 1. The maximum Gasteiger partial charge on any atom is 0.222 e. The summed E-state index contributed by atoms with van der Waals surface area (Å²) in [4.78, 5) is 16.2. The molecule has 0 unspecified atom stereocenters. The Hall–Kier alpha value is -3.14. The summed E-state index contributed by atoms with van der Waals surface area (Å²) in [5.74, 6) is -1.89. The molecule has 0 radical (unpaired) electrons. The SMILES string of the molecule is CCCCCC(=O)N1CC[C@H](N(Cc2cccc(F)c2F)c2ccc(C#N)c(O)c2)C1. The summed E-state index contributed by atoms with van der Waals surface area (Å²) in [6, 6.07) is 10.5. The van der Waals surface area contributed by atoms with Gasteiger partial charge in [-0.2, -0.15) is 5.26 Å². The van der Waals surface area contributed by atoms with Crippen molar-refractivity contribution < 1.29 is 18.7 Å². The lowest BCUT2D eigenvalue weighted by Crippen LogP contribution is -2.39. The summed E-state index contributed by atoms with van der Waals surface area (Å²) in [5, 5.41) is 19.2. The van der Waals surface area contributed by atoms with E-state index in [0.717, 1.165) is 25.3 Å². The van der Waals surface area contributed by atoms with Crippen molar-refractivity contribution in [2.45, 2.75) is 51.6 Å². The number of benzene rings is 2. The second-order valence-electron chi connectivity index (χ2n) is 7.89. The van der Waals surface area contributed by atoms with Gasteiger partial charge in [-0.3, -0.25) is 4.79 Å². The smallest absolute Gasteiger partial charge is 0.222 e. The molecule has 1 saturated heterocycles. The van der Waals surface area contributed by atoms with E-state index in [9.17, 15) is 18.7 Å². The number of rotatable bonds is 8. The van der Waals surface area contributed by atoms with E-state index in [1.807, 2.05) is 15.9 Å². The maximum atomic E-state index is 14.4. The van der Waals surface area contributed by atoms with Gasteiger partial charge in [0.1, 0.15) is 11.8 Å². The van der Waals surface area contributed by atoms with E-state index >= 15 is 0 Å². The summed E-state index contributed by atoms with van der Waals surface area (Å²) >= 11 is 0. The molecule has 1 amide bonds. The average Bonchev–Trinajstić information content (AvgIpc) is 3.25. The zero-order chi connectivity index (χ0) is 22.4. The van der Waals surface area contributed by atoms with Crippen LogP contribution in [0.25, 0.3) is 0 Å². The van der Waals surface area contributed by atoms with E-state index in [1.54, 1.807) is 6.07 Å². The van der Waals surface area contributed by atoms with Crippen molar-refractivity contribution in [1.82, 2.24) is 4.90 Å². The number of phenols is 1. The van der Waals surface area contributed by atoms with Gasteiger partial charge < -0.3 is 14.9 Å². The standard InChI is InChI=1S/C24H27F2N3O2/c1-2-3-4-8-23(31)28-12-11-20(16-28)29(15-18-6-5-7-21(25)24(18)26)19-10-9-17(14-27)22(30)13-19/h5-7,9-10,13,20,30H,2-4,8,11-12,15-16H2,1H3/t20-/m0/s1. The van der Waals surface area contributed by atoms with Crippen molar-refractivity contribution >= 4 is 11.6 Å². The maximum absolute atomic E-state index is 14.4. The number of carbonyl (C=O) groups is 1. The number of anilines is 1. The number of nitriles is 1. The second-order valence-corrected chi connectivity index (χ2v) is 7.89. The fourth-order valence-corrected chi connectivity index (χ4v) is 3.99. The number of carbonyl (C=O) groups excluding carboxylic acids is 1. The van der Waals surface area contributed by atoms with E-state index in [1.165, 1.54) is 24.3 Å². The summed E-state index contributed by atoms with van der Waals surface area (Å²) in [5.41, 5.74) is 0.918. The van der Waals surface area contributed by atoms with E-state index in [0.29, 0.717) is 31.6 Å². The number of halogens is 2. The number of aromatic hydroxyl groups is 1. The number of amides is 1. The van der Waals surface area contributed by atoms with Crippen LogP contribution in [-0.4, -0.2) is 35.0 Å². The van der Waals surface area contributed by atoms with Crippen LogP contribution in [0, 0.1) is 23.0 Å². The highest BCUT2D eigenvalue weighted by molar-refractivity contribution is 5.76. The van der Waals surface area contributed by atoms with Crippen molar-refractivity contribution in [3.63, 3.8) is 0 Å². The molecule has 1 fully saturated rings. The molecule has 0 aliphatic carbocycles. The van der Waals surface area contributed by atoms with E-state index in [-0.39, 0.29) is 35.4 Å². The number of nitrogens with zero attached hydrogens (tertiary/aromatic N) is 3. The summed E-state index contributed by atoms with van der Waals surface area (Å²) in [6.45, 7) is 3.24. The number of hydrogen-bond donors (Lipinski definition) is 1. The topological polar surface area (TPSA) is 67.6 Å². The Balaban J connectivity index is 1.84. The minimum absolute atomic E-state index is 0.0808. The minimum atomic E-state index is -0.917. The van der Waals surface area contributed by atoms with Gasteiger partial charge in [0, 0.05) is 49.4 Å². The zero-order valence-electron chi connectivity index (χ0n) is 17.7. The molecule has 1 aliphatic rings. The predicted octanol–water partition coefficient (Wildman–Crippen LogP) is 4.73. The molecule has 0 bridgehead atoms. The average molecular weight is 427 g/mol. The Bertz CT molecular complexity index is 974. The lowest BCUT2D eigenvalue weighted by Gasteiger charge is -2.32. The summed E-state index contributed by atoms with van der Waals surface area (Å²) in [6.07, 6.45) is 4.11. The molecular weight excluding hydrogens is 400 g/mol. The Kier molecular flexibility index (Phi) is 7.45. The van der Waals surface area contributed by atoms with Crippen LogP contribution in [0.3, 0.4) is 0 Å². The molecule has 0 spiro atoms. The monoisotopic (exact) mass is 427 g/mol. The van der Waals surface area contributed by atoms with Gasteiger partial charge in [0.05, 0.1) is 5.56 Å². The predicted molar refractivity (Wildman–Crippen MR) is 114 cm³/mol. The van der Waals surface area contributed by atoms with Crippen molar-refractivity contribution in [1.29, 1.82) is 5.26 Å². The molecule has 3 rings (SSSR count). The first-order valence-corrected chi connectivity index (χ1v) is 10.6. The molecule has 164 valence electrons. The molecular formula is C24H27F2N3O2. The molecule has 1 N–H and O–H groups in total. The van der Waals surface area contributed by atoms with Crippen LogP contribution in [0.1, 0.15) is 50.2 Å². The van der Waals surface area contributed by atoms with Crippen LogP contribution in [0.4, 0.5) is 14.5 Å². The van der Waals surface area contributed by atoms with E-state index in [4.69, 9.17) is 5.26 Å². The van der Waals surface area contributed by atoms with Gasteiger partial charge in [-0.25, -0.2) is 8.78 Å². The fourth-order valence-electron chi connectivity index (χ4n) is 3.99. The summed E-state index contributed by atoms with van der Waals surface area (Å²) < 4.78 is 28.1. The van der Waals surface area contributed by atoms with Gasteiger partial charge in [-0.1, -0.05) is 31.9 Å². The Morgan fingerprint density at radius 3 is 2.81 bits per heavy atom. The first-order valence-electron chi connectivity index (χ1n) is 10.6. The van der Waals surface area contributed by atoms with Gasteiger partial charge in [-0.05, 0) is 31.0 Å². The van der Waals surface area contributed by atoms with Crippen molar-refractivity contribution in [2.75, 3.05) is 18.0 Å². The van der Waals surface area contributed by atoms with Gasteiger partial charge in [0.25, 0.3) is 0 Å². The highest BCUT2D eigenvalue weighted by Gasteiger charge is 2.31. The number of hydrogen-bond acceptors (Lipinski definition) is 4. The molecule has 1 aliphatic heterocycles. The Labute approximate surface area is 181 Å². The quantitative estimate of drug-likeness (QED) is 0.619. The van der Waals surface area contributed by atoms with Crippen LogP contribution < -0.4 is 4.90 Å². The molecule has 0 aromatic heterocycles. The van der Waals surface area contributed by atoms with E-state index < -0.39 is 11.6 Å². The normalized spacial score (nSPS) is 15.7. The van der Waals surface area contributed by atoms with Crippen molar-refractivity contribution in [2.24, 2.45) is 0 Å². The molecule has 7 heteroatoms. The zero-order valence-corrected chi connectivity index (χ0v) is 17.7. The highest BCUT2D eigenvalue weighted by atomic mass is 19.2. The second kappa shape index (κ2) is 10.3. The largest absolute Gasteiger partial charge is 0.506 e. The van der Waals surface area contributed by atoms with Crippen molar-refractivity contribution in [3.8, 4) is 11.8 Å². The third-order valence-electron chi connectivity index (χ3n) is 5.76. The lowest BCUT2D eigenvalue weighted by molar-refractivity contribution is -0.130. The first-order chi connectivity index (χ1) is 14.9. The third kappa shape index (κ3) is 5.32. The van der Waals surface area contributed by atoms with Gasteiger partial charge in [0.15, 0.2) is 11.6 Å². The summed E-state index contributed by atoms with van der Waals surface area (Å²) in [7, 11) is 0. The van der Waals surface area contributed by atoms with Gasteiger partial charge >= 0.3 is 0 Å².